The molecule has 1 aliphatic heterocycles. The molecule has 0 bridgehead atoms. The van der Waals surface area contributed by atoms with Crippen molar-refractivity contribution in [2.45, 2.75) is 24.8 Å². The number of rotatable bonds is 2. The van der Waals surface area contributed by atoms with Crippen molar-refractivity contribution < 1.29 is 4.79 Å². The normalized spacial score (nSPS) is 23.3. The second kappa shape index (κ2) is 7.49. The van der Waals surface area contributed by atoms with E-state index in [1.807, 2.05) is 66.7 Å². The molecule has 0 radical (unpaired) electrons. The van der Waals surface area contributed by atoms with E-state index in [9.17, 15) is 4.79 Å². The van der Waals surface area contributed by atoms with Crippen molar-refractivity contribution in [1.29, 1.82) is 0 Å². The number of nitrogens with zero attached hydrogens (tertiary/aromatic N) is 1. The molecule has 1 saturated carbocycles. The molecule has 0 saturated heterocycles. The van der Waals surface area contributed by atoms with Crippen molar-refractivity contribution in [2.75, 3.05) is 5.32 Å². The van der Waals surface area contributed by atoms with E-state index < -0.39 is 0 Å². The first-order valence-electron chi connectivity index (χ1n) is 9.95. The zero-order valence-electron chi connectivity index (χ0n) is 15.9. The molecule has 5 rings (SSSR count). The molecule has 4 heteroatoms. The van der Waals surface area contributed by atoms with E-state index in [-0.39, 0.29) is 23.7 Å². The number of nitrogens with one attached hydrogen (secondary N) is 1. The molecule has 1 unspecified atom stereocenters. The lowest BCUT2D eigenvalue weighted by atomic mass is 9.72. The van der Waals surface area contributed by atoms with Gasteiger partial charge in [-0.2, -0.15) is 0 Å². The van der Waals surface area contributed by atoms with Gasteiger partial charge in [-0.3, -0.25) is 9.79 Å². The maximum Gasteiger partial charge on any atom is 0.144 e. The molecule has 29 heavy (non-hydrogen) atoms. The summed E-state index contributed by atoms with van der Waals surface area (Å²) in [6, 6.07) is 25.9. The Morgan fingerprint density at radius 2 is 1.55 bits per heavy atom. The predicted octanol–water partition coefficient (Wildman–Crippen LogP) is 6.34. The molecule has 3 nitrogen and oxygen atoms in total. The van der Waals surface area contributed by atoms with Crippen molar-refractivity contribution in [3.8, 4) is 0 Å². The monoisotopic (exact) mass is 400 g/mol. The minimum Gasteiger partial charge on any atom is -0.375 e. The summed E-state index contributed by atoms with van der Waals surface area (Å²) in [5.41, 5.74) is 5.07. The first-order chi connectivity index (χ1) is 14.2. The van der Waals surface area contributed by atoms with E-state index >= 15 is 0 Å². The molecular weight excluding hydrogens is 380 g/mol. The van der Waals surface area contributed by atoms with Gasteiger partial charge in [0, 0.05) is 17.2 Å². The van der Waals surface area contributed by atoms with Gasteiger partial charge in [0.25, 0.3) is 0 Å². The number of fused-ring (bicyclic) bond motifs is 2. The second-order valence-electron chi connectivity index (χ2n) is 7.75. The molecule has 3 aromatic carbocycles. The zero-order valence-corrected chi connectivity index (χ0v) is 16.6. The molecule has 3 atom stereocenters. The van der Waals surface area contributed by atoms with E-state index in [0.717, 1.165) is 29.1 Å². The van der Waals surface area contributed by atoms with Gasteiger partial charge in [-0.1, -0.05) is 66.2 Å². The van der Waals surface area contributed by atoms with E-state index in [0.29, 0.717) is 11.4 Å². The van der Waals surface area contributed by atoms with Crippen LogP contribution in [0.1, 0.15) is 35.9 Å². The summed E-state index contributed by atoms with van der Waals surface area (Å²) in [4.78, 5) is 18.4. The number of Topliss-reactive ketones (excluding diaryl/α,β-unsaturated/α-hetero) is 1. The van der Waals surface area contributed by atoms with Crippen LogP contribution in [0, 0.1) is 5.92 Å². The largest absolute Gasteiger partial charge is 0.375 e. The number of ketones is 1. The van der Waals surface area contributed by atoms with Crippen LogP contribution in [-0.4, -0.2) is 11.5 Å². The standard InChI is InChI=1S/C25H21ClN2O/c26-19-12-10-17(11-13-19)25-24-22(27-20-8-4-5-9-21(20)28-25)14-18(15-23(24)29)16-6-2-1-3-7-16/h1-13,18,24-25,28H,14-15H2/t18-,24?,25+/m0/s1. The summed E-state index contributed by atoms with van der Waals surface area (Å²) in [5, 5.41) is 4.29. The van der Waals surface area contributed by atoms with E-state index in [2.05, 4.69) is 17.4 Å². The Labute approximate surface area is 175 Å². The third kappa shape index (κ3) is 3.47. The number of halogens is 1. The van der Waals surface area contributed by atoms with Gasteiger partial charge in [0.1, 0.15) is 5.78 Å². The molecule has 1 N–H and O–H groups in total. The van der Waals surface area contributed by atoms with Gasteiger partial charge in [0.2, 0.25) is 0 Å². The molecule has 0 spiro atoms. The van der Waals surface area contributed by atoms with Crippen molar-refractivity contribution in [3.63, 3.8) is 0 Å². The van der Waals surface area contributed by atoms with Crippen LogP contribution in [0.2, 0.25) is 5.02 Å². The van der Waals surface area contributed by atoms with Crippen molar-refractivity contribution in [2.24, 2.45) is 10.9 Å². The lowest BCUT2D eigenvalue weighted by molar-refractivity contribution is -0.122. The number of carbonyl (C=O) groups excluding carboxylic acids is 1. The number of para-hydroxylation sites is 2. The van der Waals surface area contributed by atoms with Crippen LogP contribution in [-0.2, 0) is 4.79 Å². The fraction of sp³-hybridized carbons (Fsp3) is 0.200. The van der Waals surface area contributed by atoms with Gasteiger partial charge in [-0.05, 0) is 47.7 Å². The predicted molar refractivity (Wildman–Crippen MR) is 118 cm³/mol. The molecule has 0 aromatic heterocycles. The van der Waals surface area contributed by atoms with Crippen LogP contribution >= 0.6 is 11.6 Å². The van der Waals surface area contributed by atoms with Gasteiger partial charge < -0.3 is 5.32 Å². The van der Waals surface area contributed by atoms with E-state index in [1.54, 1.807) is 0 Å². The van der Waals surface area contributed by atoms with Gasteiger partial charge >= 0.3 is 0 Å². The van der Waals surface area contributed by atoms with Crippen LogP contribution in [0.25, 0.3) is 0 Å². The summed E-state index contributed by atoms with van der Waals surface area (Å²) in [6.45, 7) is 0. The smallest absolute Gasteiger partial charge is 0.144 e. The number of carbonyl (C=O) groups is 1. The number of anilines is 1. The van der Waals surface area contributed by atoms with Crippen LogP contribution < -0.4 is 5.32 Å². The molecule has 1 fully saturated rings. The van der Waals surface area contributed by atoms with Crippen LogP contribution in [0.15, 0.2) is 83.9 Å². The molecule has 0 amide bonds. The Hall–Kier alpha value is -2.91. The third-order valence-corrected chi connectivity index (χ3v) is 6.17. The highest BCUT2D eigenvalue weighted by Gasteiger charge is 2.41. The summed E-state index contributed by atoms with van der Waals surface area (Å²) >= 11 is 6.11. The Morgan fingerprint density at radius 3 is 2.34 bits per heavy atom. The fourth-order valence-electron chi connectivity index (χ4n) is 4.51. The number of hydrogen-bond donors (Lipinski definition) is 1. The minimum absolute atomic E-state index is 0.154. The highest BCUT2D eigenvalue weighted by molar-refractivity contribution is 6.30. The molecule has 1 aliphatic carbocycles. The summed E-state index contributed by atoms with van der Waals surface area (Å²) in [6.07, 6.45) is 1.33. The molecule has 1 heterocycles. The van der Waals surface area contributed by atoms with Crippen LogP contribution in [0.5, 0.6) is 0 Å². The highest BCUT2D eigenvalue weighted by atomic mass is 35.5. The third-order valence-electron chi connectivity index (χ3n) is 5.92. The Balaban J connectivity index is 1.60. The first-order valence-corrected chi connectivity index (χ1v) is 10.3. The van der Waals surface area contributed by atoms with Gasteiger partial charge in [0.15, 0.2) is 0 Å². The van der Waals surface area contributed by atoms with Gasteiger partial charge in [-0.15, -0.1) is 0 Å². The first kappa shape index (κ1) is 18.1. The topological polar surface area (TPSA) is 41.5 Å². The maximum atomic E-state index is 13.4. The number of hydrogen-bond acceptors (Lipinski definition) is 3. The molecular formula is C25H21ClN2O. The molecule has 144 valence electrons. The van der Waals surface area contributed by atoms with Crippen molar-refractivity contribution >= 4 is 34.5 Å². The Morgan fingerprint density at radius 1 is 0.828 bits per heavy atom. The molecule has 2 aliphatic rings. The zero-order chi connectivity index (χ0) is 19.8. The van der Waals surface area contributed by atoms with E-state index in [1.165, 1.54) is 5.56 Å². The van der Waals surface area contributed by atoms with E-state index in [4.69, 9.17) is 16.6 Å². The van der Waals surface area contributed by atoms with Crippen molar-refractivity contribution in [1.82, 2.24) is 0 Å². The van der Waals surface area contributed by atoms with Gasteiger partial charge in [-0.25, -0.2) is 0 Å². The lowest BCUT2D eigenvalue weighted by Gasteiger charge is -2.34. The van der Waals surface area contributed by atoms with Crippen LogP contribution in [0.4, 0.5) is 11.4 Å². The highest BCUT2D eigenvalue weighted by Crippen LogP contribution is 2.43. The number of benzene rings is 3. The quantitative estimate of drug-likeness (QED) is 0.545. The second-order valence-corrected chi connectivity index (χ2v) is 8.19. The Bertz CT molecular complexity index is 1080. The lowest BCUT2D eigenvalue weighted by Crippen LogP contribution is -2.38. The van der Waals surface area contributed by atoms with Crippen LogP contribution in [0.3, 0.4) is 0 Å². The Kier molecular flexibility index (Phi) is 4.69. The van der Waals surface area contributed by atoms with Gasteiger partial charge in [0.05, 0.1) is 23.3 Å². The maximum absolute atomic E-state index is 13.4. The fourth-order valence-corrected chi connectivity index (χ4v) is 4.63. The number of aliphatic imine (C=N–C) groups is 1. The van der Waals surface area contributed by atoms with Crippen molar-refractivity contribution in [3.05, 3.63) is 95.0 Å². The minimum atomic E-state index is -0.275. The summed E-state index contributed by atoms with van der Waals surface area (Å²) in [7, 11) is 0. The summed E-state index contributed by atoms with van der Waals surface area (Å²) < 4.78 is 0. The SMILES string of the molecule is O=C1C[C@@H](c2ccccc2)CC2=Nc3ccccc3N[C@H](c3ccc(Cl)cc3)C12. The molecule has 3 aromatic rings. The average molecular weight is 401 g/mol. The summed E-state index contributed by atoms with van der Waals surface area (Å²) in [5.74, 6) is 0.141. The average Bonchev–Trinajstić information content (AvgIpc) is 2.92.